The lowest BCUT2D eigenvalue weighted by Crippen LogP contribution is -2.40. The molecule has 0 spiro atoms. The van der Waals surface area contributed by atoms with Gasteiger partial charge < -0.3 is 18.8 Å². The molecule has 1 atom stereocenters. The van der Waals surface area contributed by atoms with Crippen LogP contribution in [0.3, 0.4) is 0 Å². The van der Waals surface area contributed by atoms with E-state index in [1.165, 1.54) is 4.31 Å². The summed E-state index contributed by atoms with van der Waals surface area (Å²) in [5, 5.41) is 0. The summed E-state index contributed by atoms with van der Waals surface area (Å²) in [6.07, 6.45) is 4.59. The quantitative estimate of drug-likeness (QED) is 0.483. The van der Waals surface area contributed by atoms with Crippen LogP contribution in [0, 0.1) is 0 Å². The van der Waals surface area contributed by atoms with Crippen LogP contribution in [0.2, 0.25) is 0 Å². The molecule has 0 bridgehead atoms. The zero-order valence-corrected chi connectivity index (χ0v) is 20.0. The standard InChI is InChI=1S/C23H33N3O6S/c1-2-3-10-26-21-7-6-19(33(28,29)25-11-14-30-15-12-25)16-20(21)24-22(26)8-9-23(27)32-17-18-5-4-13-31-18/h6-7,16,18H,2-5,8-15,17H2,1H3. The number of nitrogens with zero attached hydrogens (tertiary/aromatic N) is 3. The second-order valence-electron chi connectivity index (χ2n) is 8.52. The molecule has 0 radical (unpaired) electrons. The summed E-state index contributed by atoms with van der Waals surface area (Å²) in [5.41, 5.74) is 1.51. The van der Waals surface area contributed by atoms with Crippen molar-refractivity contribution in [1.29, 1.82) is 0 Å². The van der Waals surface area contributed by atoms with E-state index in [0.29, 0.717) is 44.8 Å². The summed E-state index contributed by atoms with van der Waals surface area (Å²) < 4.78 is 45.8. The number of fused-ring (bicyclic) bond motifs is 1. The highest BCUT2D eigenvalue weighted by molar-refractivity contribution is 7.89. The summed E-state index contributed by atoms with van der Waals surface area (Å²) in [5.74, 6) is 0.503. The van der Waals surface area contributed by atoms with Crippen LogP contribution >= 0.6 is 0 Å². The van der Waals surface area contributed by atoms with E-state index in [0.717, 1.165) is 50.2 Å². The number of hydrogen-bond acceptors (Lipinski definition) is 7. The van der Waals surface area contributed by atoms with Crippen molar-refractivity contribution in [1.82, 2.24) is 13.9 Å². The number of sulfonamides is 1. The van der Waals surface area contributed by atoms with Crippen LogP contribution in [-0.2, 0) is 42.0 Å². The molecule has 33 heavy (non-hydrogen) atoms. The molecule has 2 aliphatic rings. The van der Waals surface area contributed by atoms with Gasteiger partial charge in [0.25, 0.3) is 0 Å². The first kappa shape index (κ1) is 24.1. The Bertz CT molecular complexity index is 1060. The Morgan fingerprint density at radius 3 is 2.79 bits per heavy atom. The molecule has 182 valence electrons. The molecule has 9 nitrogen and oxygen atoms in total. The van der Waals surface area contributed by atoms with E-state index in [9.17, 15) is 13.2 Å². The first-order valence-electron chi connectivity index (χ1n) is 11.8. The van der Waals surface area contributed by atoms with E-state index in [1.807, 2.05) is 6.07 Å². The maximum atomic E-state index is 13.1. The third-order valence-corrected chi connectivity index (χ3v) is 8.04. The number of imidazole rings is 1. The molecule has 1 unspecified atom stereocenters. The summed E-state index contributed by atoms with van der Waals surface area (Å²) in [7, 11) is -3.60. The SMILES string of the molecule is CCCCn1c(CCC(=O)OCC2CCCO2)nc2cc(S(=O)(=O)N3CCOCC3)ccc21. The Balaban J connectivity index is 1.50. The predicted molar refractivity (Wildman–Crippen MR) is 122 cm³/mol. The highest BCUT2D eigenvalue weighted by Gasteiger charge is 2.27. The molecule has 4 rings (SSSR count). The number of ether oxygens (including phenoxy) is 3. The van der Waals surface area contributed by atoms with Crippen LogP contribution in [-0.4, -0.2) is 73.9 Å². The molecule has 1 aromatic heterocycles. The fraction of sp³-hybridized carbons (Fsp3) is 0.652. The van der Waals surface area contributed by atoms with Gasteiger partial charge in [-0.3, -0.25) is 4.79 Å². The van der Waals surface area contributed by atoms with E-state index >= 15 is 0 Å². The number of aryl methyl sites for hydroxylation is 2. The highest BCUT2D eigenvalue weighted by Crippen LogP contribution is 2.25. The summed E-state index contributed by atoms with van der Waals surface area (Å²) in [6, 6.07) is 5.11. The van der Waals surface area contributed by atoms with Gasteiger partial charge in [-0.05, 0) is 37.5 Å². The molecule has 10 heteroatoms. The van der Waals surface area contributed by atoms with E-state index in [1.54, 1.807) is 12.1 Å². The van der Waals surface area contributed by atoms with Gasteiger partial charge in [-0.25, -0.2) is 13.4 Å². The number of hydrogen-bond donors (Lipinski definition) is 0. The van der Waals surface area contributed by atoms with Gasteiger partial charge in [0.05, 0.1) is 41.7 Å². The van der Waals surface area contributed by atoms with Gasteiger partial charge in [-0.1, -0.05) is 13.3 Å². The van der Waals surface area contributed by atoms with Crippen molar-refractivity contribution < 1.29 is 27.4 Å². The second kappa shape index (κ2) is 10.9. The number of carbonyl (C=O) groups is 1. The van der Waals surface area contributed by atoms with Gasteiger partial charge in [0.2, 0.25) is 10.0 Å². The van der Waals surface area contributed by atoms with Crippen LogP contribution in [0.1, 0.15) is 44.9 Å². The lowest BCUT2D eigenvalue weighted by molar-refractivity contribution is -0.146. The van der Waals surface area contributed by atoms with E-state index in [2.05, 4.69) is 11.5 Å². The summed E-state index contributed by atoms with van der Waals surface area (Å²) in [6.45, 7) is 5.42. The topological polar surface area (TPSA) is 100.0 Å². The van der Waals surface area contributed by atoms with E-state index in [-0.39, 0.29) is 23.4 Å². The Kier molecular flexibility index (Phi) is 8.00. The normalized spacial score (nSPS) is 19.8. The number of rotatable bonds is 10. The van der Waals surface area contributed by atoms with E-state index in [4.69, 9.17) is 19.2 Å². The minimum Gasteiger partial charge on any atom is -0.463 e. The number of carbonyl (C=O) groups excluding carboxylic acids is 1. The Hall–Kier alpha value is -2.01. The molecule has 2 fully saturated rings. The monoisotopic (exact) mass is 479 g/mol. The van der Waals surface area contributed by atoms with Crippen molar-refractivity contribution in [3.8, 4) is 0 Å². The molecule has 1 aromatic carbocycles. The van der Waals surface area contributed by atoms with Gasteiger partial charge >= 0.3 is 5.97 Å². The maximum Gasteiger partial charge on any atom is 0.306 e. The smallest absolute Gasteiger partial charge is 0.306 e. The molecule has 3 heterocycles. The third-order valence-electron chi connectivity index (χ3n) is 6.15. The largest absolute Gasteiger partial charge is 0.463 e. The molecule has 0 N–H and O–H groups in total. The average Bonchev–Trinajstić information content (AvgIpc) is 3.47. The average molecular weight is 480 g/mol. The fourth-order valence-electron chi connectivity index (χ4n) is 4.26. The molecular formula is C23H33N3O6S. The van der Waals surface area contributed by atoms with Crippen LogP contribution in [0.4, 0.5) is 0 Å². The minimum atomic E-state index is -3.60. The second-order valence-corrected chi connectivity index (χ2v) is 10.5. The highest BCUT2D eigenvalue weighted by atomic mass is 32.2. The summed E-state index contributed by atoms with van der Waals surface area (Å²) >= 11 is 0. The molecular weight excluding hydrogens is 446 g/mol. The molecule has 2 aromatic rings. The van der Waals surface area contributed by atoms with E-state index < -0.39 is 10.0 Å². The zero-order valence-electron chi connectivity index (χ0n) is 19.2. The van der Waals surface area contributed by atoms with Gasteiger partial charge in [0.1, 0.15) is 12.4 Å². The van der Waals surface area contributed by atoms with Gasteiger partial charge in [0, 0.05) is 32.7 Å². The molecule has 2 saturated heterocycles. The number of morpholine rings is 1. The molecule has 2 aliphatic heterocycles. The lowest BCUT2D eigenvalue weighted by atomic mass is 10.2. The maximum absolute atomic E-state index is 13.1. The van der Waals surface area contributed by atoms with Crippen LogP contribution in [0.15, 0.2) is 23.1 Å². The number of aromatic nitrogens is 2. The molecule has 0 saturated carbocycles. The van der Waals surface area contributed by atoms with Crippen molar-refractivity contribution >= 4 is 27.0 Å². The minimum absolute atomic E-state index is 0.00918. The molecule has 0 aliphatic carbocycles. The Morgan fingerprint density at radius 1 is 1.24 bits per heavy atom. The van der Waals surface area contributed by atoms with Crippen molar-refractivity contribution in [2.24, 2.45) is 0 Å². The number of benzene rings is 1. The lowest BCUT2D eigenvalue weighted by Gasteiger charge is -2.26. The summed E-state index contributed by atoms with van der Waals surface area (Å²) in [4.78, 5) is 17.2. The first-order chi connectivity index (χ1) is 16.0. The Morgan fingerprint density at radius 2 is 2.06 bits per heavy atom. The van der Waals surface area contributed by atoms with Crippen molar-refractivity contribution in [2.75, 3.05) is 39.5 Å². The third kappa shape index (κ3) is 5.74. The first-order valence-corrected chi connectivity index (χ1v) is 13.3. The zero-order chi connectivity index (χ0) is 23.3. The predicted octanol–water partition coefficient (Wildman–Crippen LogP) is 2.51. The number of esters is 1. The van der Waals surface area contributed by atoms with Crippen LogP contribution in [0.5, 0.6) is 0 Å². The van der Waals surface area contributed by atoms with Gasteiger partial charge in [-0.15, -0.1) is 0 Å². The number of unbranched alkanes of at least 4 members (excludes halogenated alkanes) is 1. The van der Waals surface area contributed by atoms with Crippen LogP contribution < -0.4 is 0 Å². The fourth-order valence-corrected chi connectivity index (χ4v) is 5.69. The van der Waals surface area contributed by atoms with Crippen molar-refractivity contribution in [3.63, 3.8) is 0 Å². The van der Waals surface area contributed by atoms with Gasteiger partial charge in [-0.2, -0.15) is 4.31 Å². The van der Waals surface area contributed by atoms with Crippen molar-refractivity contribution in [2.45, 2.75) is 63.0 Å². The molecule has 0 amide bonds. The van der Waals surface area contributed by atoms with Crippen molar-refractivity contribution in [3.05, 3.63) is 24.0 Å². The van der Waals surface area contributed by atoms with Crippen LogP contribution in [0.25, 0.3) is 11.0 Å². The Labute approximate surface area is 195 Å². The van der Waals surface area contributed by atoms with Gasteiger partial charge in [0.15, 0.2) is 0 Å².